The number of tetrazole rings is 1. The van der Waals surface area contributed by atoms with E-state index in [1.165, 1.54) is 0 Å². The van der Waals surface area contributed by atoms with Crippen LogP contribution < -0.4 is 5.32 Å². The molecule has 8 nitrogen and oxygen atoms in total. The monoisotopic (exact) mass is 358 g/mol. The van der Waals surface area contributed by atoms with Crippen molar-refractivity contribution >= 4 is 29.5 Å². The van der Waals surface area contributed by atoms with Crippen molar-refractivity contribution in [3.63, 3.8) is 0 Å². The van der Waals surface area contributed by atoms with Gasteiger partial charge >= 0.3 is 0 Å². The number of aromatic nitrogens is 4. The first kappa shape index (κ1) is 16.1. The van der Waals surface area contributed by atoms with Crippen LogP contribution >= 0.6 is 11.8 Å². The number of carbonyl (C=O) groups excluding carboxylic acids is 2. The van der Waals surface area contributed by atoms with Crippen molar-refractivity contribution < 1.29 is 9.59 Å². The minimum Gasteiger partial charge on any atom is -0.328 e. The maximum absolute atomic E-state index is 12.9. The third-order valence-electron chi connectivity index (χ3n) is 4.90. The van der Waals surface area contributed by atoms with E-state index in [1.807, 2.05) is 40.9 Å². The lowest BCUT2D eigenvalue weighted by Gasteiger charge is -2.44. The zero-order valence-corrected chi connectivity index (χ0v) is 14.4. The molecule has 0 atom stereocenters. The Balaban J connectivity index is 1.58. The van der Waals surface area contributed by atoms with Crippen LogP contribution in [0.1, 0.15) is 35.2 Å². The molecule has 130 valence electrons. The van der Waals surface area contributed by atoms with Gasteiger partial charge in [-0.05, 0) is 41.2 Å². The number of aromatic amines is 1. The predicted octanol–water partition coefficient (Wildman–Crippen LogP) is 1.45. The van der Waals surface area contributed by atoms with Gasteiger partial charge in [0.15, 0.2) is 0 Å². The van der Waals surface area contributed by atoms with Crippen LogP contribution in [-0.4, -0.2) is 54.4 Å². The number of nitrogens with one attached hydrogen (secondary N) is 2. The number of nitrogens with zero attached hydrogens (tertiary/aromatic N) is 4. The standard InChI is InChI=1S/C16H18N6O2S/c23-13(17-15-18-20-21-19-15)9-16(5-7-25-8-6-16)22-10-11-3-1-2-4-12(11)14(22)24/h1-4H,5-10H2,(H2,17,18,19,20,21,23). The average molecular weight is 358 g/mol. The molecular weight excluding hydrogens is 340 g/mol. The molecular formula is C16H18N6O2S. The van der Waals surface area contributed by atoms with Gasteiger partial charge in [-0.1, -0.05) is 23.3 Å². The van der Waals surface area contributed by atoms with Crippen LogP contribution in [-0.2, 0) is 11.3 Å². The van der Waals surface area contributed by atoms with Gasteiger partial charge in [-0.15, -0.1) is 5.10 Å². The van der Waals surface area contributed by atoms with E-state index in [2.05, 4.69) is 25.9 Å². The quantitative estimate of drug-likeness (QED) is 0.857. The van der Waals surface area contributed by atoms with Crippen LogP contribution in [0.3, 0.4) is 0 Å². The first-order chi connectivity index (χ1) is 12.2. The fraction of sp³-hybridized carbons (Fsp3) is 0.438. The number of hydrogen-bond donors (Lipinski definition) is 2. The summed E-state index contributed by atoms with van der Waals surface area (Å²) in [6.07, 6.45) is 1.84. The van der Waals surface area contributed by atoms with Crippen molar-refractivity contribution in [2.45, 2.75) is 31.3 Å². The molecule has 2 aromatic rings. The zero-order chi connectivity index (χ0) is 17.3. The Morgan fingerprint density at radius 2 is 2.12 bits per heavy atom. The molecule has 0 saturated carbocycles. The highest BCUT2D eigenvalue weighted by Crippen LogP contribution is 2.40. The molecule has 4 rings (SSSR count). The molecule has 2 aliphatic rings. The highest BCUT2D eigenvalue weighted by Gasteiger charge is 2.45. The van der Waals surface area contributed by atoms with Crippen LogP contribution in [0, 0.1) is 0 Å². The number of anilines is 1. The third kappa shape index (κ3) is 2.99. The average Bonchev–Trinajstić information content (AvgIpc) is 3.24. The van der Waals surface area contributed by atoms with E-state index < -0.39 is 5.54 Å². The third-order valence-corrected chi connectivity index (χ3v) is 5.89. The summed E-state index contributed by atoms with van der Waals surface area (Å²) in [7, 11) is 0. The van der Waals surface area contributed by atoms with Gasteiger partial charge in [0.1, 0.15) is 0 Å². The molecule has 0 unspecified atom stereocenters. The SMILES string of the molecule is O=C(CC1(N2Cc3ccccc3C2=O)CCSCC1)Nc1nn[nH]n1. The van der Waals surface area contributed by atoms with Gasteiger partial charge in [-0.3, -0.25) is 14.9 Å². The van der Waals surface area contributed by atoms with E-state index in [0.717, 1.165) is 35.5 Å². The van der Waals surface area contributed by atoms with E-state index in [1.54, 1.807) is 0 Å². The number of thioether (sulfide) groups is 1. The zero-order valence-electron chi connectivity index (χ0n) is 13.6. The Kier molecular flexibility index (Phi) is 4.16. The second-order valence-corrected chi connectivity index (χ2v) is 7.57. The van der Waals surface area contributed by atoms with Gasteiger partial charge in [-0.25, -0.2) is 0 Å². The Bertz CT molecular complexity index is 788. The first-order valence-corrected chi connectivity index (χ1v) is 9.34. The molecule has 0 bridgehead atoms. The molecule has 25 heavy (non-hydrogen) atoms. The fourth-order valence-corrected chi connectivity index (χ4v) is 4.87. The summed E-state index contributed by atoms with van der Waals surface area (Å²) in [5.41, 5.74) is 1.32. The second-order valence-electron chi connectivity index (χ2n) is 6.35. The van der Waals surface area contributed by atoms with E-state index in [4.69, 9.17) is 0 Å². The van der Waals surface area contributed by atoms with Gasteiger partial charge in [0.05, 0.1) is 12.0 Å². The maximum atomic E-state index is 12.9. The molecule has 2 aliphatic heterocycles. The Hall–Kier alpha value is -2.42. The van der Waals surface area contributed by atoms with Crippen LogP contribution in [0.5, 0.6) is 0 Å². The number of rotatable bonds is 4. The van der Waals surface area contributed by atoms with Crippen LogP contribution in [0.2, 0.25) is 0 Å². The molecule has 0 spiro atoms. The summed E-state index contributed by atoms with van der Waals surface area (Å²) in [6, 6.07) is 7.68. The fourth-order valence-electron chi connectivity index (χ4n) is 3.61. The highest BCUT2D eigenvalue weighted by molar-refractivity contribution is 7.99. The molecule has 1 aromatic carbocycles. The topological polar surface area (TPSA) is 104 Å². The van der Waals surface area contributed by atoms with E-state index in [-0.39, 0.29) is 24.2 Å². The Labute approximate surface area is 148 Å². The van der Waals surface area contributed by atoms with Crippen LogP contribution in [0.15, 0.2) is 24.3 Å². The van der Waals surface area contributed by atoms with Crippen LogP contribution in [0.25, 0.3) is 0 Å². The summed E-state index contributed by atoms with van der Waals surface area (Å²) >= 11 is 1.86. The second kappa shape index (κ2) is 6.47. The van der Waals surface area contributed by atoms with Gasteiger partial charge in [-0.2, -0.15) is 17.0 Å². The van der Waals surface area contributed by atoms with Crippen molar-refractivity contribution in [1.82, 2.24) is 25.5 Å². The first-order valence-electron chi connectivity index (χ1n) is 8.19. The molecule has 2 N–H and O–H groups in total. The van der Waals surface area contributed by atoms with Crippen molar-refractivity contribution in [2.24, 2.45) is 0 Å². The maximum Gasteiger partial charge on any atom is 0.269 e. The highest BCUT2D eigenvalue weighted by atomic mass is 32.2. The minimum absolute atomic E-state index is 0.0230. The Morgan fingerprint density at radius 1 is 1.32 bits per heavy atom. The van der Waals surface area contributed by atoms with Crippen LogP contribution in [0.4, 0.5) is 5.95 Å². The summed E-state index contributed by atoms with van der Waals surface area (Å²) < 4.78 is 0. The summed E-state index contributed by atoms with van der Waals surface area (Å²) in [5.74, 6) is 1.86. The number of amides is 2. The number of H-pyrrole nitrogens is 1. The molecule has 1 aromatic heterocycles. The number of carbonyl (C=O) groups is 2. The van der Waals surface area contributed by atoms with E-state index >= 15 is 0 Å². The predicted molar refractivity (Wildman–Crippen MR) is 93.0 cm³/mol. The summed E-state index contributed by atoms with van der Waals surface area (Å²) in [6.45, 7) is 0.565. The molecule has 0 radical (unpaired) electrons. The lowest BCUT2D eigenvalue weighted by Crippen LogP contribution is -2.53. The molecule has 1 fully saturated rings. The molecule has 0 aliphatic carbocycles. The van der Waals surface area contributed by atoms with Crippen molar-refractivity contribution in [1.29, 1.82) is 0 Å². The number of hydrogen-bond acceptors (Lipinski definition) is 6. The van der Waals surface area contributed by atoms with Crippen molar-refractivity contribution in [2.75, 3.05) is 16.8 Å². The summed E-state index contributed by atoms with van der Waals surface area (Å²) in [5, 5.41) is 15.9. The smallest absolute Gasteiger partial charge is 0.269 e. The lowest BCUT2D eigenvalue weighted by atomic mass is 9.86. The molecule has 9 heteroatoms. The van der Waals surface area contributed by atoms with Gasteiger partial charge in [0.2, 0.25) is 5.91 Å². The van der Waals surface area contributed by atoms with Crippen molar-refractivity contribution in [3.8, 4) is 0 Å². The minimum atomic E-state index is -0.463. The molecule has 3 heterocycles. The van der Waals surface area contributed by atoms with Crippen molar-refractivity contribution in [3.05, 3.63) is 35.4 Å². The number of fused-ring (bicyclic) bond motifs is 1. The lowest BCUT2D eigenvalue weighted by molar-refractivity contribution is -0.119. The van der Waals surface area contributed by atoms with Gasteiger partial charge < -0.3 is 4.90 Å². The normalized spacial score (nSPS) is 18.9. The summed E-state index contributed by atoms with van der Waals surface area (Å²) in [4.78, 5) is 27.4. The van der Waals surface area contributed by atoms with Gasteiger partial charge in [0.25, 0.3) is 11.9 Å². The number of benzene rings is 1. The Morgan fingerprint density at radius 3 is 2.84 bits per heavy atom. The largest absolute Gasteiger partial charge is 0.328 e. The van der Waals surface area contributed by atoms with Gasteiger partial charge in [0, 0.05) is 12.1 Å². The molecule has 1 saturated heterocycles. The van der Waals surface area contributed by atoms with E-state index in [0.29, 0.717) is 6.54 Å². The molecule has 2 amide bonds. The van der Waals surface area contributed by atoms with E-state index in [9.17, 15) is 9.59 Å².